The number of nitrogen functional groups attached to an aromatic ring is 1. The molecule has 0 heterocycles. The van der Waals surface area contributed by atoms with Gasteiger partial charge in [0, 0.05) is 5.69 Å². The normalized spacial score (nSPS) is 10.4. The van der Waals surface area contributed by atoms with Crippen molar-refractivity contribution < 1.29 is 9.59 Å². The first kappa shape index (κ1) is 14.6. The van der Waals surface area contributed by atoms with Gasteiger partial charge in [-0.05, 0) is 54.3 Å². The summed E-state index contributed by atoms with van der Waals surface area (Å²) >= 11 is 0. The van der Waals surface area contributed by atoms with Gasteiger partial charge in [0.2, 0.25) is 11.8 Å². The van der Waals surface area contributed by atoms with Gasteiger partial charge < -0.3 is 17.2 Å². The van der Waals surface area contributed by atoms with Gasteiger partial charge in [-0.2, -0.15) is 0 Å². The van der Waals surface area contributed by atoms with Gasteiger partial charge >= 0.3 is 0 Å². The molecule has 0 spiro atoms. The number of carbonyl (C=O) groups excluding carboxylic acids is 2. The monoisotopic (exact) mass is 283 g/mol. The molecule has 0 aliphatic carbocycles. The van der Waals surface area contributed by atoms with Crippen LogP contribution >= 0.6 is 0 Å². The summed E-state index contributed by atoms with van der Waals surface area (Å²) in [5.74, 6) is -1.37. The van der Waals surface area contributed by atoms with Crippen LogP contribution in [0.3, 0.4) is 0 Å². The second-order valence-electron chi connectivity index (χ2n) is 4.98. The van der Waals surface area contributed by atoms with E-state index in [4.69, 9.17) is 17.2 Å². The molecule has 0 saturated carbocycles. The number of benzene rings is 2. The molecule has 0 fully saturated rings. The van der Waals surface area contributed by atoms with Crippen molar-refractivity contribution in [2.24, 2.45) is 11.5 Å². The molecule has 5 heteroatoms. The minimum atomic E-state index is -0.688. The van der Waals surface area contributed by atoms with Crippen LogP contribution in [-0.2, 0) is 0 Å². The van der Waals surface area contributed by atoms with Gasteiger partial charge in [0.15, 0.2) is 0 Å². The minimum Gasteiger partial charge on any atom is -0.398 e. The van der Waals surface area contributed by atoms with Crippen LogP contribution in [0, 0.1) is 13.8 Å². The molecule has 21 heavy (non-hydrogen) atoms. The quantitative estimate of drug-likeness (QED) is 0.746. The fourth-order valence-electron chi connectivity index (χ4n) is 2.39. The van der Waals surface area contributed by atoms with Gasteiger partial charge in [-0.15, -0.1) is 0 Å². The van der Waals surface area contributed by atoms with E-state index in [1.807, 2.05) is 26.0 Å². The standard InChI is InChI=1S/C16H17N3O2/c1-8-6-10(7-9(2)14(8)17)11-4-3-5-12(15(18)20)13(11)16(19)21/h3-7H,17H2,1-2H3,(H2,18,20)(H2,19,21). The number of rotatable bonds is 3. The van der Waals surface area contributed by atoms with Crippen LogP contribution in [0.25, 0.3) is 11.1 Å². The third-order valence-electron chi connectivity index (χ3n) is 3.48. The molecule has 0 aromatic heterocycles. The van der Waals surface area contributed by atoms with E-state index in [1.54, 1.807) is 12.1 Å². The molecule has 0 radical (unpaired) electrons. The highest BCUT2D eigenvalue weighted by atomic mass is 16.2. The molecule has 0 atom stereocenters. The summed E-state index contributed by atoms with van der Waals surface area (Å²) in [7, 11) is 0. The Balaban J connectivity index is 2.78. The van der Waals surface area contributed by atoms with Gasteiger partial charge in [0.1, 0.15) is 0 Å². The topological polar surface area (TPSA) is 112 Å². The van der Waals surface area contributed by atoms with Gasteiger partial charge in [-0.3, -0.25) is 9.59 Å². The zero-order chi connectivity index (χ0) is 15.7. The molecule has 2 aromatic carbocycles. The number of nitrogens with two attached hydrogens (primary N) is 3. The predicted octanol–water partition coefficient (Wildman–Crippen LogP) is 1.75. The number of primary amides is 2. The van der Waals surface area contributed by atoms with E-state index in [0.29, 0.717) is 11.3 Å². The number of amides is 2. The fourth-order valence-corrected chi connectivity index (χ4v) is 2.39. The van der Waals surface area contributed by atoms with Gasteiger partial charge in [0.25, 0.3) is 0 Å². The van der Waals surface area contributed by atoms with Crippen LogP contribution in [0.1, 0.15) is 31.8 Å². The highest BCUT2D eigenvalue weighted by Gasteiger charge is 2.18. The van der Waals surface area contributed by atoms with E-state index in [0.717, 1.165) is 16.7 Å². The summed E-state index contributed by atoms with van der Waals surface area (Å²) in [6, 6.07) is 8.60. The SMILES string of the molecule is Cc1cc(-c2cccc(C(N)=O)c2C(N)=O)cc(C)c1N. The number of hydrogen-bond donors (Lipinski definition) is 3. The molecule has 0 unspecified atom stereocenters. The minimum absolute atomic E-state index is 0.118. The number of anilines is 1. The second kappa shape index (κ2) is 5.28. The summed E-state index contributed by atoms with van der Waals surface area (Å²) in [5, 5.41) is 0. The lowest BCUT2D eigenvalue weighted by Crippen LogP contribution is -2.21. The van der Waals surface area contributed by atoms with Crippen molar-refractivity contribution in [2.75, 3.05) is 5.73 Å². The molecule has 0 aliphatic rings. The van der Waals surface area contributed by atoms with Crippen molar-refractivity contribution in [3.63, 3.8) is 0 Å². The summed E-state index contributed by atoms with van der Waals surface area (Å²) in [6.45, 7) is 3.77. The highest BCUT2D eigenvalue weighted by molar-refractivity contribution is 6.10. The first-order valence-corrected chi connectivity index (χ1v) is 6.42. The Hall–Kier alpha value is -2.82. The Labute approximate surface area is 122 Å². The fraction of sp³-hybridized carbons (Fsp3) is 0.125. The van der Waals surface area contributed by atoms with Crippen molar-refractivity contribution >= 4 is 17.5 Å². The molecule has 2 aromatic rings. The van der Waals surface area contributed by atoms with Crippen LogP contribution < -0.4 is 17.2 Å². The molecule has 2 amide bonds. The summed E-state index contributed by atoms with van der Waals surface area (Å²) in [5.41, 5.74) is 20.8. The van der Waals surface area contributed by atoms with Crippen LogP contribution in [0.2, 0.25) is 0 Å². The van der Waals surface area contributed by atoms with E-state index >= 15 is 0 Å². The first-order valence-electron chi connectivity index (χ1n) is 6.42. The predicted molar refractivity (Wildman–Crippen MR) is 82.8 cm³/mol. The zero-order valence-corrected chi connectivity index (χ0v) is 11.9. The molecule has 0 bridgehead atoms. The molecule has 0 saturated heterocycles. The van der Waals surface area contributed by atoms with Crippen molar-refractivity contribution in [1.29, 1.82) is 0 Å². The highest BCUT2D eigenvalue weighted by Crippen LogP contribution is 2.30. The summed E-state index contributed by atoms with van der Waals surface area (Å²) in [4.78, 5) is 23.2. The van der Waals surface area contributed by atoms with E-state index < -0.39 is 11.8 Å². The largest absolute Gasteiger partial charge is 0.398 e. The van der Waals surface area contributed by atoms with Crippen molar-refractivity contribution in [2.45, 2.75) is 13.8 Å². The zero-order valence-electron chi connectivity index (χ0n) is 11.9. The van der Waals surface area contributed by atoms with Crippen molar-refractivity contribution in [1.82, 2.24) is 0 Å². The Morgan fingerprint density at radius 2 is 1.52 bits per heavy atom. The number of carbonyl (C=O) groups is 2. The lowest BCUT2D eigenvalue weighted by molar-refractivity contribution is 0.0968. The average molecular weight is 283 g/mol. The molecule has 108 valence electrons. The Morgan fingerprint density at radius 1 is 0.952 bits per heavy atom. The van der Waals surface area contributed by atoms with E-state index in [2.05, 4.69) is 0 Å². The molecule has 5 nitrogen and oxygen atoms in total. The third kappa shape index (κ3) is 2.58. The molecule has 6 N–H and O–H groups in total. The van der Waals surface area contributed by atoms with Crippen LogP contribution in [0.5, 0.6) is 0 Å². The summed E-state index contributed by atoms with van der Waals surface area (Å²) in [6.07, 6.45) is 0. The maximum Gasteiger partial charge on any atom is 0.250 e. The van der Waals surface area contributed by atoms with Crippen molar-refractivity contribution in [3.05, 3.63) is 52.6 Å². The van der Waals surface area contributed by atoms with Gasteiger partial charge in [0.05, 0.1) is 11.1 Å². The van der Waals surface area contributed by atoms with Gasteiger partial charge in [-0.1, -0.05) is 12.1 Å². The third-order valence-corrected chi connectivity index (χ3v) is 3.48. The second-order valence-corrected chi connectivity index (χ2v) is 4.98. The maximum atomic E-state index is 11.7. The lowest BCUT2D eigenvalue weighted by Gasteiger charge is -2.13. The van der Waals surface area contributed by atoms with Gasteiger partial charge in [-0.25, -0.2) is 0 Å². The summed E-state index contributed by atoms with van der Waals surface area (Å²) < 4.78 is 0. The van der Waals surface area contributed by atoms with E-state index in [1.165, 1.54) is 6.07 Å². The molecular formula is C16H17N3O2. The van der Waals surface area contributed by atoms with Crippen LogP contribution in [0.15, 0.2) is 30.3 Å². The maximum absolute atomic E-state index is 11.7. The Morgan fingerprint density at radius 3 is 2.00 bits per heavy atom. The smallest absolute Gasteiger partial charge is 0.250 e. The number of hydrogen-bond acceptors (Lipinski definition) is 3. The molecular weight excluding hydrogens is 266 g/mol. The lowest BCUT2D eigenvalue weighted by atomic mass is 9.92. The van der Waals surface area contributed by atoms with Crippen molar-refractivity contribution in [3.8, 4) is 11.1 Å². The average Bonchev–Trinajstić information content (AvgIpc) is 2.43. The molecule has 0 aliphatic heterocycles. The van der Waals surface area contributed by atoms with Crippen LogP contribution in [0.4, 0.5) is 5.69 Å². The van der Waals surface area contributed by atoms with Crippen LogP contribution in [-0.4, -0.2) is 11.8 Å². The molecule has 2 rings (SSSR count). The Kier molecular flexibility index (Phi) is 3.67. The van der Waals surface area contributed by atoms with E-state index in [9.17, 15) is 9.59 Å². The first-order chi connectivity index (χ1) is 9.82. The Bertz CT molecular complexity index is 728. The number of aryl methyl sites for hydroxylation is 2. The van der Waals surface area contributed by atoms with E-state index in [-0.39, 0.29) is 11.1 Å².